The average molecular weight is 435 g/mol. The van der Waals surface area contributed by atoms with Gasteiger partial charge in [0, 0.05) is 29.7 Å². The molecule has 2 aromatic rings. The van der Waals surface area contributed by atoms with Crippen LogP contribution in [-0.4, -0.2) is 39.8 Å². The van der Waals surface area contributed by atoms with Gasteiger partial charge >= 0.3 is 6.09 Å². The molecule has 1 heterocycles. The number of carbonyl (C=O) groups excluding carboxylic acids is 1. The van der Waals surface area contributed by atoms with E-state index in [1.54, 1.807) is 11.0 Å². The predicted octanol–water partition coefficient (Wildman–Crippen LogP) is 4.36. The lowest BCUT2D eigenvalue weighted by atomic mass is 10.1. The van der Waals surface area contributed by atoms with Crippen molar-refractivity contribution in [1.82, 2.24) is 9.88 Å². The largest absolute Gasteiger partial charge is 0.444 e. The maximum Gasteiger partial charge on any atom is 0.410 e. The first kappa shape index (κ1) is 21.4. The van der Waals surface area contributed by atoms with Crippen LogP contribution in [0.5, 0.6) is 0 Å². The molecule has 6 heteroatoms. The zero-order valence-electron chi connectivity index (χ0n) is 16.1. The van der Waals surface area contributed by atoms with Crippen molar-refractivity contribution < 1.29 is 14.6 Å². The molecule has 0 spiro atoms. The van der Waals surface area contributed by atoms with E-state index >= 15 is 0 Å². The smallest absolute Gasteiger partial charge is 0.410 e. The zero-order valence-corrected chi connectivity index (χ0v) is 17.7. The number of amides is 1. The molecule has 0 saturated heterocycles. The monoisotopic (exact) mass is 434 g/mol. The Morgan fingerprint density at radius 1 is 1.11 bits per heavy atom. The van der Waals surface area contributed by atoms with Crippen molar-refractivity contribution in [3.8, 4) is 0 Å². The molecule has 0 saturated carbocycles. The molecule has 146 valence electrons. The maximum absolute atomic E-state index is 12.6. The van der Waals surface area contributed by atoms with Gasteiger partial charge in [-0.25, -0.2) is 4.79 Å². The highest BCUT2D eigenvalue weighted by atomic mass is 79.9. The SMILES string of the molecule is CC(C)(C)OC(=O)N(CCc1cccc(Br)c1)CCc1cccc(CO)n1. The molecule has 0 aliphatic carbocycles. The number of hydrogen-bond donors (Lipinski definition) is 1. The fraction of sp³-hybridized carbons (Fsp3) is 0.429. The zero-order chi connectivity index (χ0) is 19.9. The van der Waals surface area contributed by atoms with Crippen molar-refractivity contribution in [3.05, 3.63) is 63.9 Å². The van der Waals surface area contributed by atoms with Crippen molar-refractivity contribution in [1.29, 1.82) is 0 Å². The summed E-state index contributed by atoms with van der Waals surface area (Å²) in [6.07, 6.45) is 1.02. The van der Waals surface area contributed by atoms with Crippen LogP contribution in [0.15, 0.2) is 46.9 Å². The summed E-state index contributed by atoms with van der Waals surface area (Å²) >= 11 is 3.48. The maximum atomic E-state index is 12.6. The molecule has 1 aromatic heterocycles. The van der Waals surface area contributed by atoms with Crippen molar-refractivity contribution in [2.24, 2.45) is 0 Å². The van der Waals surface area contributed by atoms with E-state index in [9.17, 15) is 9.90 Å². The second-order valence-electron chi connectivity index (χ2n) is 7.38. The lowest BCUT2D eigenvalue weighted by Gasteiger charge is -2.27. The Labute approximate surface area is 169 Å². The third kappa shape index (κ3) is 7.69. The highest BCUT2D eigenvalue weighted by Gasteiger charge is 2.22. The summed E-state index contributed by atoms with van der Waals surface area (Å²) in [6.45, 7) is 6.57. The van der Waals surface area contributed by atoms with E-state index in [4.69, 9.17) is 4.74 Å². The van der Waals surface area contributed by atoms with Gasteiger partial charge < -0.3 is 14.7 Å². The number of benzene rings is 1. The van der Waals surface area contributed by atoms with Gasteiger partial charge in [-0.1, -0.05) is 34.1 Å². The molecule has 1 N–H and O–H groups in total. The van der Waals surface area contributed by atoms with Gasteiger partial charge in [0.1, 0.15) is 5.60 Å². The van der Waals surface area contributed by atoms with Gasteiger partial charge in [0.25, 0.3) is 0 Å². The fourth-order valence-electron chi connectivity index (χ4n) is 2.58. The van der Waals surface area contributed by atoms with E-state index in [-0.39, 0.29) is 12.7 Å². The summed E-state index contributed by atoms with van der Waals surface area (Å²) in [7, 11) is 0. The Hall–Kier alpha value is -1.92. The normalized spacial score (nSPS) is 11.3. The number of aliphatic hydroxyl groups is 1. The number of ether oxygens (including phenoxy) is 1. The minimum absolute atomic E-state index is 0.0908. The van der Waals surface area contributed by atoms with Crippen LogP contribution in [0.3, 0.4) is 0 Å². The van der Waals surface area contributed by atoms with Gasteiger partial charge in [0.15, 0.2) is 0 Å². The van der Waals surface area contributed by atoms with Gasteiger partial charge in [-0.05, 0) is 57.0 Å². The fourth-order valence-corrected chi connectivity index (χ4v) is 3.03. The summed E-state index contributed by atoms with van der Waals surface area (Å²) in [4.78, 5) is 18.7. The molecule has 0 aliphatic heterocycles. The number of aliphatic hydroxyl groups excluding tert-OH is 1. The van der Waals surface area contributed by atoms with E-state index in [1.165, 1.54) is 0 Å². The first-order chi connectivity index (χ1) is 12.8. The lowest BCUT2D eigenvalue weighted by molar-refractivity contribution is 0.0253. The van der Waals surface area contributed by atoms with E-state index in [1.807, 2.05) is 51.1 Å². The van der Waals surface area contributed by atoms with Crippen LogP contribution in [0.4, 0.5) is 4.79 Å². The number of hydrogen-bond acceptors (Lipinski definition) is 4. The lowest BCUT2D eigenvalue weighted by Crippen LogP contribution is -2.39. The van der Waals surface area contributed by atoms with Gasteiger partial charge in [0.05, 0.1) is 12.3 Å². The Morgan fingerprint density at radius 2 is 1.78 bits per heavy atom. The van der Waals surface area contributed by atoms with Crippen LogP contribution < -0.4 is 0 Å². The number of nitrogens with zero attached hydrogens (tertiary/aromatic N) is 2. The molecular formula is C21H27BrN2O3. The molecule has 0 unspecified atom stereocenters. The van der Waals surface area contributed by atoms with Gasteiger partial charge in [-0.15, -0.1) is 0 Å². The molecule has 1 amide bonds. The molecule has 2 rings (SSSR count). The molecule has 0 fully saturated rings. The van der Waals surface area contributed by atoms with Crippen LogP contribution in [0, 0.1) is 0 Å². The summed E-state index contributed by atoms with van der Waals surface area (Å²) in [6, 6.07) is 13.6. The molecule has 0 radical (unpaired) electrons. The standard InChI is InChI=1S/C21H27BrN2O3/c1-21(2,3)27-20(26)24(12-10-16-6-4-7-17(22)14-16)13-11-18-8-5-9-19(15-25)23-18/h4-9,14,25H,10-13,15H2,1-3H3. The van der Waals surface area contributed by atoms with E-state index in [0.717, 1.165) is 22.2 Å². The topological polar surface area (TPSA) is 62.7 Å². The highest BCUT2D eigenvalue weighted by Crippen LogP contribution is 2.15. The van der Waals surface area contributed by atoms with E-state index in [0.29, 0.717) is 25.2 Å². The number of aromatic nitrogens is 1. The minimum Gasteiger partial charge on any atom is -0.444 e. The number of pyridine rings is 1. The van der Waals surface area contributed by atoms with Crippen molar-refractivity contribution in [2.75, 3.05) is 13.1 Å². The van der Waals surface area contributed by atoms with Crippen LogP contribution in [-0.2, 0) is 24.2 Å². The van der Waals surface area contributed by atoms with Crippen LogP contribution in [0.1, 0.15) is 37.7 Å². The summed E-state index contributed by atoms with van der Waals surface area (Å²) in [5.41, 5.74) is 2.08. The second-order valence-corrected chi connectivity index (χ2v) is 8.29. The molecule has 0 atom stereocenters. The molecule has 0 aliphatic rings. The summed E-state index contributed by atoms with van der Waals surface area (Å²) in [5, 5.41) is 9.24. The quantitative estimate of drug-likeness (QED) is 0.702. The van der Waals surface area contributed by atoms with E-state index < -0.39 is 5.60 Å². The number of halogens is 1. The van der Waals surface area contributed by atoms with Gasteiger partial charge in [0.2, 0.25) is 0 Å². The molecule has 5 nitrogen and oxygen atoms in total. The van der Waals surface area contributed by atoms with Crippen LogP contribution in [0.25, 0.3) is 0 Å². The Morgan fingerprint density at radius 3 is 2.44 bits per heavy atom. The molecule has 0 bridgehead atoms. The first-order valence-corrected chi connectivity index (χ1v) is 9.84. The summed E-state index contributed by atoms with van der Waals surface area (Å²) in [5.74, 6) is 0. The third-order valence-corrected chi connectivity index (χ3v) is 4.37. The third-order valence-electron chi connectivity index (χ3n) is 3.88. The minimum atomic E-state index is -0.542. The Kier molecular flexibility index (Phi) is 7.80. The Bertz CT molecular complexity index is 759. The highest BCUT2D eigenvalue weighted by molar-refractivity contribution is 9.10. The molecule has 27 heavy (non-hydrogen) atoms. The first-order valence-electron chi connectivity index (χ1n) is 9.05. The van der Waals surface area contributed by atoms with E-state index in [2.05, 4.69) is 27.0 Å². The van der Waals surface area contributed by atoms with Crippen LogP contribution >= 0.6 is 15.9 Å². The van der Waals surface area contributed by atoms with Crippen molar-refractivity contribution in [2.45, 2.75) is 45.8 Å². The van der Waals surface area contributed by atoms with Gasteiger partial charge in [-0.3, -0.25) is 4.98 Å². The number of carbonyl (C=O) groups is 1. The molecular weight excluding hydrogens is 408 g/mol. The van der Waals surface area contributed by atoms with Crippen molar-refractivity contribution in [3.63, 3.8) is 0 Å². The second kappa shape index (κ2) is 9.85. The number of rotatable bonds is 7. The summed E-state index contributed by atoms with van der Waals surface area (Å²) < 4.78 is 6.58. The average Bonchev–Trinajstić information content (AvgIpc) is 2.60. The Balaban J connectivity index is 2.05. The molecule has 1 aromatic carbocycles. The predicted molar refractivity (Wildman–Crippen MR) is 110 cm³/mol. The van der Waals surface area contributed by atoms with Crippen molar-refractivity contribution >= 4 is 22.0 Å². The van der Waals surface area contributed by atoms with Gasteiger partial charge in [-0.2, -0.15) is 0 Å². The van der Waals surface area contributed by atoms with Crippen LogP contribution in [0.2, 0.25) is 0 Å².